The van der Waals surface area contributed by atoms with Gasteiger partial charge in [0.05, 0.1) is 9.13 Å². The summed E-state index contributed by atoms with van der Waals surface area (Å²) in [5, 5.41) is 11.9. The van der Waals surface area contributed by atoms with Crippen LogP contribution >= 0.6 is 19.8 Å². The molecule has 0 aliphatic rings. The highest BCUT2D eigenvalue weighted by atomic mass is 127. The minimum atomic E-state index is -4.03. The molecule has 52 heavy (non-hydrogen) atoms. The van der Waals surface area contributed by atoms with Crippen molar-refractivity contribution in [1.29, 1.82) is 0 Å². The molecule has 0 bridgehead atoms. The molecule has 0 aromatic heterocycles. The van der Waals surface area contributed by atoms with E-state index in [0.29, 0.717) is 6.42 Å². The van der Waals surface area contributed by atoms with Gasteiger partial charge in [0.15, 0.2) is 0 Å². The van der Waals surface area contributed by atoms with E-state index in [0.717, 1.165) is 48.4 Å². The zero-order valence-electron chi connectivity index (χ0n) is 33.9. The Hall–Kier alpha value is -1.50. The summed E-state index contributed by atoms with van der Waals surface area (Å²) in [5.41, 5.74) is 1.93. The van der Waals surface area contributed by atoms with Gasteiger partial charge in [0, 0.05) is 0 Å². The van der Waals surface area contributed by atoms with Crippen LogP contribution in [0.2, 0.25) is 0 Å². The van der Waals surface area contributed by atoms with E-state index in [1.807, 2.05) is 12.1 Å². The highest BCUT2D eigenvalue weighted by Crippen LogP contribution is 2.36. The van der Waals surface area contributed by atoms with Gasteiger partial charge in [0.25, 0.3) is 0 Å². The second kappa shape index (κ2) is 31.8. The molecule has 0 saturated carbocycles. The van der Waals surface area contributed by atoms with Crippen molar-refractivity contribution in [2.75, 3.05) is 0 Å². The molecule has 0 aliphatic heterocycles. The monoisotopic (exact) mass is 835 g/mol. The van der Waals surface area contributed by atoms with Gasteiger partial charge < -0.3 is 5.11 Å². The Morgan fingerprint density at radius 1 is 0.500 bits per heavy atom. The Morgan fingerprint density at radius 3 is 1.19 bits per heavy atom. The lowest BCUT2D eigenvalue weighted by Crippen LogP contribution is -2.06. The highest BCUT2D eigenvalue weighted by molar-refractivity contribution is 14.2. The van der Waals surface area contributed by atoms with Crippen LogP contribution in [0.25, 0.3) is 10.8 Å². The molecule has 0 amide bonds. The second-order valence-corrected chi connectivity index (χ2v) is 18.2. The fourth-order valence-corrected chi connectivity index (χ4v) is 10.0. The molecule has 0 unspecified atom stereocenters. The number of hydrogen-bond donors (Lipinski definition) is 1. The van der Waals surface area contributed by atoms with E-state index in [1.54, 1.807) is 6.07 Å². The molecular weight excluding hydrogens is 755 g/mol. The second-order valence-electron chi connectivity index (χ2n) is 15.9. The molecule has 0 atom stereocenters. The van der Waals surface area contributed by atoms with Crippen molar-refractivity contribution in [2.24, 2.45) is 0 Å². The minimum absolute atomic E-state index is 0.0336. The number of carbonyl (C=O) groups is 1. The van der Waals surface area contributed by atoms with E-state index in [4.69, 9.17) is 0 Å². The molecule has 2 aromatic rings. The molecule has 4 nitrogen and oxygen atoms in total. The predicted molar refractivity (Wildman–Crippen MR) is 231 cm³/mol. The molecule has 0 spiro atoms. The maximum Gasteiger partial charge on any atom is 0.342 e. The number of benzene rings is 2. The van der Waals surface area contributed by atoms with Gasteiger partial charge in [0.1, 0.15) is 0 Å². The van der Waals surface area contributed by atoms with Crippen LogP contribution in [-0.2, 0) is 19.0 Å². The van der Waals surface area contributed by atoms with E-state index in [1.165, 1.54) is 185 Å². The Kier molecular flexibility index (Phi) is 28.5. The molecule has 1 N–H and O–H groups in total. The van der Waals surface area contributed by atoms with Gasteiger partial charge in [-0.1, -0.05) is 225 Å². The third-order valence-corrected chi connectivity index (χ3v) is 13.4. The van der Waals surface area contributed by atoms with Crippen LogP contribution in [0.4, 0.5) is 0 Å². The van der Waals surface area contributed by atoms with Crippen molar-refractivity contribution >= 4 is 36.5 Å². The summed E-state index contributed by atoms with van der Waals surface area (Å²) in [5.74, 6) is -1.14. The fraction of sp³-hybridized carbons (Fsp3) is 0.766. The summed E-state index contributed by atoms with van der Waals surface area (Å²) < 4.78 is 25.4. The Morgan fingerprint density at radius 2 is 0.846 bits per heavy atom. The maximum absolute atomic E-state index is 12.7. The van der Waals surface area contributed by atoms with Crippen LogP contribution in [0.15, 0.2) is 24.3 Å². The van der Waals surface area contributed by atoms with Crippen LogP contribution in [0.3, 0.4) is 0 Å². The molecule has 2 rings (SSSR count). The lowest BCUT2D eigenvalue weighted by molar-refractivity contribution is 0.0695. The average molecular weight is 835 g/mol. The SMILES string of the molecule is CCCCCCCCCCCCCCCCCCc1cccc2cc(C(=O)O)c(I(=O)=O)c(CCCCCCCCCCCCCCCCCC)c12. The fourth-order valence-electron chi connectivity index (χ4n) is 8.09. The Balaban J connectivity index is 1.75. The number of aromatic carboxylic acids is 1. The molecule has 0 fully saturated rings. The van der Waals surface area contributed by atoms with Crippen molar-refractivity contribution in [2.45, 2.75) is 232 Å². The molecule has 0 radical (unpaired) electrons. The number of aryl methyl sites for hydroxylation is 2. The standard InChI is InChI=1S/C47H79IO4/c1-3-5-7-9-11-13-15-17-19-21-23-25-27-29-31-33-36-41-37-35-38-42-40-44(47(49)50)46(48(51)52)43(45(41)42)39-34-32-30-28-26-24-22-20-18-16-14-12-10-8-6-4-2/h35,37-38,40H,3-34,36,39H2,1-2H3,(H,49,50). The number of carboxylic acid groups (broad SMARTS) is 1. The summed E-state index contributed by atoms with van der Waals surface area (Å²) in [4.78, 5) is 12.2. The van der Waals surface area contributed by atoms with Crippen LogP contribution in [-0.4, -0.2) is 11.1 Å². The molecular formula is C47H79IO4. The van der Waals surface area contributed by atoms with Crippen molar-refractivity contribution in [1.82, 2.24) is 0 Å². The van der Waals surface area contributed by atoms with E-state index in [9.17, 15) is 16.0 Å². The van der Waals surface area contributed by atoms with Crippen LogP contribution < -0.4 is 0 Å². The van der Waals surface area contributed by atoms with Crippen LogP contribution in [0.1, 0.15) is 241 Å². The first kappa shape index (κ1) is 46.7. The largest absolute Gasteiger partial charge is 0.478 e. The first-order valence-electron chi connectivity index (χ1n) is 22.4. The van der Waals surface area contributed by atoms with Gasteiger partial charge in [-0.3, -0.25) is 0 Å². The molecule has 5 heteroatoms. The van der Waals surface area contributed by atoms with Crippen molar-refractivity contribution in [3.63, 3.8) is 0 Å². The summed E-state index contributed by atoms with van der Waals surface area (Å²) in [6.45, 7) is 4.56. The van der Waals surface area contributed by atoms with E-state index < -0.39 is 25.8 Å². The minimum Gasteiger partial charge on any atom is -0.478 e. The molecule has 2 aromatic carbocycles. The van der Waals surface area contributed by atoms with Crippen LogP contribution in [0.5, 0.6) is 0 Å². The quantitative estimate of drug-likeness (QED) is 0.0548. The molecule has 0 aliphatic carbocycles. The summed E-state index contributed by atoms with van der Waals surface area (Å²) >= 11 is -4.03. The van der Waals surface area contributed by atoms with Crippen molar-refractivity contribution in [3.8, 4) is 0 Å². The average Bonchev–Trinajstić information content (AvgIpc) is 3.13. The van der Waals surface area contributed by atoms with Gasteiger partial charge >= 0.3 is 25.8 Å². The van der Waals surface area contributed by atoms with Gasteiger partial charge in [-0.2, -0.15) is 0 Å². The zero-order chi connectivity index (χ0) is 37.5. The summed E-state index contributed by atoms with van der Waals surface area (Å²) in [7, 11) is 0. The van der Waals surface area contributed by atoms with E-state index >= 15 is 0 Å². The first-order valence-corrected chi connectivity index (χ1v) is 25.2. The number of fused-ring (bicyclic) bond motifs is 1. The zero-order valence-corrected chi connectivity index (χ0v) is 36.1. The van der Waals surface area contributed by atoms with Crippen LogP contribution in [0, 0.1) is 3.57 Å². The first-order chi connectivity index (χ1) is 25.5. The summed E-state index contributed by atoms with van der Waals surface area (Å²) in [6.07, 6.45) is 43.8. The molecule has 0 heterocycles. The topological polar surface area (TPSA) is 71.4 Å². The number of halogens is 1. The smallest absolute Gasteiger partial charge is 0.342 e. The Labute approximate surface area is 327 Å². The van der Waals surface area contributed by atoms with E-state index in [2.05, 4.69) is 19.9 Å². The number of carboxylic acids is 1. The third kappa shape index (κ3) is 20.8. The number of hydrogen-bond acceptors (Lipinski definition) is 3. The number of rotatable bonds is 36. The van der Waals surface area contributed by atoms with Crippen molar-refractivity contribution < 1.29 is 16.0 Å². The van der Waals surface area contributed by atoms with Gasteiger partial charge in [-0.25, -0.2) is 10.9 Å². The molecule has 298 valence electrons. The highest BCUT2D eigenvalue weighted by Gasteiger charge is 2.23. The lowest BCUT2D eigenvalue weighted by Gasteiger charge is -2.16. The van der Waals surface area contributed by atoms with Crippen molar-refractivity contribution in [3.05, 3.63) is 44.5 Å². The van der Waals surface area contributed by atoms with E-state index in [-0.39, 0.29) is 9.13 Å². The number of unbranched alkanes of at least 4 members (excludes halogenated alkanes) is 30. The molecule has 0 saturated heterocycles. The van der Waals surface area contributed by atoms with Gasteiger partial charge in [0.2, 0.25) is 0 Å². The third-order valence-electron chi connectivity index (χ3n) is 11.3. The normalized spacial score (nSPS) is 11.7. The Bertz CT molecular complexity index is 1260. The lowest BCUT2D eigenvalue weighted by atomic mass is 9.91. The maximum atomic E-state index is 12.7. The van der Waals surface area contributed by atoms with Gasteiger partial charge in [-0.15, -0.1) is 0 Å². The van der Waals surface area contributed by atoms with Gasteiger partial charge in [-0.05, 0) is 53.6 Å². The predicted octanol–water partition coefficient (Wildman–Crippen LogP) is 16.5. The summed E-state index contributed by atoms with van der Waals surface area (Å²) in [6, 6.07) is 7.73.